The Morgan fingerprint density at radius 1 is 1.45 bits per heavy atom. The van der Waals surface area contributed by atoms with Crippen LogP contribution < -0.4 is 5.32 Å². The molecule has 11 heavy (non-hydrogen) atoms. The summed E-state index contributed by atoms with van der Waals surface area (Å²) in [6.45, 7) is 2.93. The quantitative estimate of drug-likeness (QED) is 0.616. The summed E-state index contributed by atoms with van der Waals surface area (Å²) in [5.74, 6) is -0.349. The third-order valence-electron chi connectivity index (χ3n) is 1.11. The van der Waals surface area contributed by atoms with Gasteiger partial charge in [-0.05, 0) is 13.8 Å². The van der Waals surface area contributed by atoms with E-state index in [4.69, 9.17) is 0 Å². The van der Waals surface area contributed by atoms with Gasteiger partial charge in [-0.25, -0.2) is 8.78 Å². The van der Waals surface area contributed by atoms with E-state index in [9.17, 15) is 13.6 Å². The maximum atomic E-state index is 11.8. The molecule has 0 aliphatic carbocycles. The van der Waals surface area contributed by atoms with Gasteiger partial charge in [-0.1, -0.05) is 22.6 Å². The van der Waals surface area contributed by atoms with Gasteiger partial charge in [0.25, 0.3) is 6.43 Å². The molecule has 0 spiro atoms. The van der Waals surface area contributed by atoms with Crippen LogP contribution >= 0.6 is 22.6 Å². The SMILES string of the molecule is CC(I)C(=O)NC(C)C(F)F. The monoisotopic (exact) mass is 277 g/mol. The van der Waals surface area contributed by atoms with Crippen LogP contribution in [0.4, 0.5) is 8.78 Å². The van der Waals surface area contributed by atoms with Crippen LogP contribution in [0.2, 0.25) is 0 Å². The molecule has 0 rings (SSSR count). The van der Waals surface area contributed by atoms with Crippen molar-refractivity contribution in [3.8, 4) is 0 Å². The van der Waals surface area contributed by atoms with E-state index in [1.807, 2.05) is 22.6 Å². The van der Waals surface area contributed by atoms with E-state index in [0.29, 0.717) is 0 Å². The number of hydrogen-bond donors (Lipinski definition) is 1. The highest BCUT2D eigenvalue weighted by Crippen LogP contribution is 2.02. The van der Waals surface area contributed by atoms with Gasteiger partial charge in [0.1, 0.15) is 0 Å². The van der Waals surface area contributed by atoms with Crippen molar-refractivity contribution >= 4 is 28.5 Å². The topological polar surface area (TPSA) is 29.1 Å². The number of rotatable bonds is 3. The van der Waals surface area contributed by atoms with E-state index < -0.39 is 12.5 Å². The first-order chi connectivity index (χ1) is 4.95. The Bertz CT molecular complexity index is 141. The van der Waals surface area contributed by atoms with Crippen LogP contribution in [-0.4, -0.2) is 22.3 Å². The Hall–Kier alpha value is 0.0600. The highest BCUT2D eigenvalue weighted by molar-refractivity contribution is 14.1. The van der Waals surface area contributed by atoms with Gasteiger partial charge in [0.05, 0.1) is 9.97 Å². The molecule has 0 radical (unpaired) electrons. The fourth-order valence-corrected chi connectivity index (χ4v) is 0.582. The molecular formula is C6H10F2INO. The first-order valence-corrected chi connectivity index (χ1v) is 4.42. The molecule has 0 aliphatic rings. The van der Waals surface area contributed by atoms with E-state index >= 15 is 0 Å². The summed E-state index contributed by atoms with van der Waals surface area (Å²) in [6, 6.07) is -1.06. The van der Waals surface area contributed by atoms with Crippen molar-refractivity contribution in [2.24, 2.45) is 0 Å². The summed E-state index contributed by atoms with van der Waals surface area (Å²) in [4.78, 5) is 10.8. The molecule has 66 valence electrons. The number of halogens is 3. The fourth-order valence-electron chi connectivity index (χ4n) is 0.402. The predicted molar refractivity (Wildman–Crippen MR) is 47.1 cm³/mol. The summed E-state index contributed by atoms with van der Waals surface area (Å²) in [6.07, 6.45) is -2.49. The minimum absolute atomic E-state index is 0.270. The zero-order valence-electron chi connectivity index (χ0n) is 6.27. The van der Waals surface area contributed by atoms with Crippen LogP contribution in [0.15, 0.2) is 0 Å². The third kappa shape index (κ3) is 4.49. The van der Waals surface area contributed by atoms with Crippen molar-refractivity contribution in [1.29, 1.82) is 0 Å². The van der Waals surface area contributed by atoms with Crippen LogP contribution in [0, 0.1) is 0 Å². The lowest BCUT2D eigenvalue weighted by molar-refractivity contribution is -0.121. The maximum Gasteiger partial charge on any atom is 0.258 e. The van der Waals surface area contributed by atoms with Gasteiger partial charge in [0, 0.05) is 0 Å². The highest BCUT2D eigenvalue weighted by atomic mass is 127. The molecule has 0 aliphatic heterocycles. The Morgan fingerprint density at radius 3 is 2.18 bits per heavy atom. The van der Waals surface area contributed by atoms with Crippen LogP contribution in [0.1, 0.15) is 13.8 Å². The van der Waals surface area contributed by atoms with Crippen molar-refractivity contribution in [1.82, 2.24) is 5.32 Å². The largest absolute Gasteiger partial charge is 0.347 e. The summed E-state index contributed by atoms with van der Waals surface area (Å²) in [5, 5.41) is 2.18. The fraction of sp³-hybridized carbons (Fsp3) is 0.833. The second kappa shape index (κ2) is 4.84. The predicted octanol–water partition coefficient (Wildman–Crippen LogP) is 1.58. The van der Waals surface area contributed by atoms with E-state index in [0.717, 1.165) is 0 Å². The summed E-state index contributed by atoms with van der Waals surface area (Å²) in [7, 11) is 0. The number of amides is 1. The molecule has 2 atom stereocenters. The molecule has 0 bridgehead atoms. The normalized spacial score (nSPS) is 16.2. The number of carbonyl (C=O) groups is 1. The molecule has 1 amide bonds. The minimum Gasteiger partial charge on any atom is -0.347 e. The molecule has 2 nitrogen and oxygen atoms in total. The molecule has 1 N–H and O–H groups in total. The number of nitrogens with one attached hydrogen (secondary N) is 1. The average Bonchev–Trinajstić information content (AvgIpc) is 1.87. The molecule has 0 aromatic heterocycles. The minimum atomic E-state index is -2.49. The number of hydrogen-bond acceptors (Lipinski definition) is 1. The van der Waals surface area contributed by atoms with Crippen LogP contribution in [0.3, 0.4) is 0 Å². The summed E-state index contributed by atoms with van der Waals surface area (Å²) in [5.41, 5.74) is 0. The van der Waals surface area contributed by atoms with Crippen molar-refractivity contribution in [3.63, 3.8) is 0 Å². The zero-order chi connectivity index (χ0) is 9.02. The van der Waals surface area contributed by atoms with Crippen molar-refractivity contribution in [2.45, 2.75) is 30.2 Å². The van der Waals surface area contributed by atoms with E-state index in [1.54, 1.807) is 6.92 Å². The van der Waals surface area contributed by atoms with Gasteiger partial charge in [-0.15, -0.1) is 0 Å². The molecule has 0 saturated carbocycles. The van der Waals surface area contributed by atoms with Crippen LogP contribution in [-0.2, 0) is 4.79 Å². The van der Waals surface area contributed by atoms with Gasteiger partial charge in [-0.3, -0.25) is 4.79 Å². The molecular weight excluding hydrogens is 267 g/mol. The Balaban J connectivity index is 3.76. The lowest BCUT2D eigenvalue weighted by atomic mass is 10.3. The first kappa shape index (κ1) is 11.1. The van der Waals surface area contributed by atoms with Gasteiger partial charge in [-0.2, -0.15) is 0 Å². The lowest BCUT2D eigenvalue weighted by Crippen LogP contribution is -2.40. The molecule has 0 heterocycles. The zero-order valence-corrected chi connectivity index (χ0v) is 8.43. The third-order valence-corrected chi connectivity index (χ3v) is 1.67. The van der Waals surface area contributed by atoms with Crippen molar-refractivity contribution in [2.75, 3.05) is 0 Å². The Kier molecular flexibility index (Phi) is 4.87. The highest BCUT2D eigenvalue weighted by Gasteiger charge is 2.18. The summed E-state index contributed by atoms with van der Waals surface area (Å²) >= 11 is 1.87. The first-order valence-electron chi connectivity index (χ1n) is 3.17. The van der Waals surface area contributed by atoms with E-state index in [1.165, 1.54) is 6.92 Å². The van der Waals surface area contributed by atoms with E-state index in [-0.39, 0.29) is 9.83 Å². The number of alkyl halides is 3. The molecule has 5 heteroatoms. The molecule has 0 aromatic rings. The molecule has 0 saturated heterocycles. The molecule has 0 aromatic carbocycles. The van der Waals surface area contributed by atoms with Crippen molar-refractivity contribution in [3.05, 3.63) is 0 Å². The van der Waals surface area contributed by atoms with Gasteiger partial charge >= 0.3 is 0 Å². The second-order valence-electron chi connectivity index (χ2n) is 2.25. The van der Waals surface area contributed by atoms with Crippen LogP contribution in [0.25, 0.3) is 0 Å². The van der Waals surface area contributed by atoms with Crippen molar-refractivity contribution < 1.29 is 13.6 Å². The van der Waals surface area contributed by atoms with Gasteiger partial charge in [0.2, 0.25) is 5.91 Å². The van der Waals surface area contributed by atoms with E-state index in [2.05, 4.69) is 5.32 Å². The Morgan fingerprint density at radius 2 is 1.91 bits per heavy atom. The summed E-state index contributed by atoms with van der Waals surface area (Å²) < 4.78 is 23.4. The Labute approximate surface area is 77.9 Å². The molecule has 2 unspecified atom stereocenters. The average molecular weight is 277 g/mol. The number of carbonyl (C=O) groups excluding carboxylic acids is 1. The van der Waals surface area contributed by atoms with Crippen LogP contribution in [0.5, 0.6) is 0 Å². The standard InChI is InChI=1S/C6H10F2INO/c1-3(9)6(11)10-4(2)5(7)8/h3-5H,1-2H3,(H,10,11). The second-order valence-corrected chi connectivity index (χ2v) is 4.12. The lowest BCUT2D eigenvalue weighted by Gasteiger charge is -2.13. The maximum absolute atomic E-state index is 11.8. The smallest absolute Gasteiger partial charge is 0.258 e. The molecule has 0 fully saturated rings. The van der Waals surface area contributed by atoms with Gasteiger partial charge < -0.3 is 5.32 Å². The van der Waals surface area contributed by atoms with Gasteiger partial charge in [0.15, 0.2) is 0 Å².